The van der Waals surface area contributed by atoms with Gasteiger partial charge in [0.25, 0.3) is 5.91 Å². The largest absolute Gasteiger partial charge is 0.391 e. The smallest absolute Gasteiger partial charge is 0.256 e. The molecule has 1 N–H and O–H groups in total. The van der Waals surface area contributed by atoms with Crippen molar-refractivity contribution in [2.24, 2.45) is 5.92 Å². The van der Waals surface area contributed by atoms with Crippen LogP contribution in [0.4, 0.5) is 11.5 Å². The quantitative estimate of drug-likeness (QED) is 0.530. The second-order valence-electron chi connectivity index (χ2n) is 11.3. The maximum Gasteiger partial charge on any atom is 0.256 e. The molecule has 0 spiro atoms. The number of likely N-dealkylation sites (tertiary alicyclic amines) is 1. The third-order valence-corrected chi connectivity index (χ3v) is 10.2. The fraction of sp³-hybridized carbons (Fsp3) is 0.536. The molecule has 0 bridgehead atoms. The monoisotopic (exact) mass is 552 g/mol. The molecule has 5 heterocycles. The summed E-state index contributed by atoms with van der Waals surface area (Å²) < 4.78 is 28.6. The molecule has 39 heavy (non-hydrogen) atoms. The Morgan fingerprint density at radius 1 is 1.08 bits per heavy atom. The van der Waals surface area contributed by atoms with Gasteiger partial charge in [-0.25, -0.2) is 17.9 Å². The highest BCUT2D eigenvalue weighted by atomic mass is 32.2. The SMILES string of the molecule is Cc1ccc(N2CCCS2(=O)=O)c(C(=O)N2CCCC[C@H]2c2cc3nc(N4C[C@@H](C)[C@@H](O)C4)c(C)cn3n2)c1. The average Bonchev–Trinajstić information content (AvgIpc) is 3.58. The summed E-state index contributed by atoms with van der Waals surface area (Å²) in [6.07, 6.45) is 4.79. The number of piperidine rings is 1. The van der Waals surface area contributed by atoms with Crippen LogP contribution in [0.1, 0.15) is 65.8 Å². The average molecular weight is 553 g/mol. The Kier molecular flexibility index (Phi) is 6.53. The summed E-state index contributed by atoms with van der Waals surface area (Å²) in [5.74, 6) is 0.977. The van der Waals surface area contributed by atoms with Crippen LogP contribution < -0.4 is 9.21 Å². The Morgan fingerprint density at radius 2 is 1.90 bits per heavy atom. The minimum atomic E-state index is -3.43. The number of anilines is 2. The lowest BCUT2D eigenvalue weighted by atomic mass is 9.97. The zero-order valence-corrected chi connectivity index (χ0v) is 23.6. The summed E-state index contributed by atoms with van der Waals surface area (Å²) in [4.78, 5) is 23.0. The normalized spacial score (nSPS) is 25.1. The summed E-state index contributed by atoms with van der Waals surface area (Å²) in [6, 6.07) is 7.16. The highest BCUT2D eigenvalue weighted by molar-refractivity contribution is 7.93. The predicted molar refractivity (Wildman–Crippen MR) is 150 cm³/mol. The zero-order chi connectivity index (χ0) is 27.5. The fourth-order valence-corrected chi connectivity index (χ4v) is 7.79. The molecule has 208 valence electrons. The van der Waals surface area contributed by atoms with E-state index in [-0.39, 0.29) is 29.7 Å². The number of aliphatic hydroxyl groups excluding tert-OH is 1. The van der Waals surface area contributed by atoms with E-state index in [0.717, 1.165) is 48.4 Å². The van der Waals surface area contributed by atoms with Crippen molar-refractivity contribution >= 4 is 33.1 Å². The molecule has 6 rings (SSSR count). The van der Waals surface area contributed by atoms with E-state index < -0.39 is 10.0 Å². The standard InChI is InChI=1S/C28H36N6O4S/c1-18-8-9-23(34-11-6-12-39(34,37)38)21(13-18)28(36)32-10-5-4-7-24(32)22-14-26-29-27(20(3)16-33(26)30-22)31-15-19(2)25(35)17-31/h8-9,13-14,16,19,24-25,35H,4-7,10-12,15,17H2,1-3H3/t19-,24+,25+/m1/s1. The van der Waals surface area contributed by atoms with Gasteiger partial charge in [-0.15, -0.1) is 0 Å². The summed E-state index contributed by atoms with van der Waals surface area (Å²) >= 11 is 0. The molecule has 0 saturated carbocycles. The van der Waals surface area contributed by atoms with Crippen LogP contribution in [0.3, 0.4) is 0 Å². The van der Waals surface area contributed by atoms with Gasteiger partial charge in [-0.1, -0.05) is 18.6 Å². The first-order valence-electron chi connectivity index (χ1n) is 13.8. The molecular weight excluding hydrogens is 516 g/mol. The number of β-amino-alcohol motifs (C(OH)–C–C–N with tert-alkyl or cyclic N) is 1. The van der Waals surface area contributed by atoms with E-state index in [4.69, 9.17) is 10.1 Å². The summed E-state index contributed by atoms with van der Waals surface area (Å²) in [5.41, 5.74) is 4.27. The van der Waals surface area contributed by atoms with Crippen molar-refractivity contribution in [3.05, 3.63) is 52.8 Å². The van der Waals surface area contributed by atoms with Gasteiger partial charge in [0.1, 0.15) is 5.82 Å². The fourth-order valence-electron chi connectivity index (χ4n) is 6.21. The van der Waals surface area contributed by atoms with Crippen LogP contribution in [0.2, 0.25) is 0 Å². The lowest BCUT2D eigenvalue weighted by Gasteiger charge is -2.35. The zero-order valence-electron chi connectivity index (χ0n) is 22.7. The van der Waals surface area contributed by atoms with Crippen molar-refractivity contribution in [3.63, 3.8) is 0 Å². The van der Waals surface area contributed by atoms with E-state index in [0.29, 0.717) is 43.0 Å². The number of carbonyl (C=O) groups excluding carboxylic acids is 1. The molecular formula is C28H36N6O4S. The number of aliphatic hydroxyl groups is 1. The maximum absolute atomic E-state index is 14.1. The van der Waals surface area contributed by atoms with E-state index in [9.17, 15) is 18.3 Å². The number of benzene rings is 1. The second kappa shape index (κ2) is 9.78. The first-order chi connectivity index (χ1) is 18.6. The lowest BCUT2D eigenvalue weighted by Crippen LogP contribution is -2.39. The first kappa shape index (κ1) is 26.1. The highest BCUT2D eigenvalue weighted by Crippen LogP contribution is 2.36. The molecule has 2 aromatic heterocycles. The Bertz CT molecular complexity index is 1530. The third-order valence-electron chi connectivity index (χ3n) is 8.35. The van der Waals surface area contributed by atoms with Crippen molar-refractivity contribution in [1.82, 2.24) is 19.5 Å². The van der Waals surface area contributed by atoms with E-state index >= 15 is 0 Å². The van der Waals surface area contributed by atoms with Gasteiger partial charge in [0, 0.05) is 49.9 Å². The van der Waals surface area contributed by atoms with Crippen LogP contribution >= 0.6 is 0 Å². The highest BCUT2D eigenvalue weighted by Gasteiger charge is 2.36. The van der Waals surface area contributed by atoms with Crippen molar-refractivity contribution in [2.75, 3.05) is 41.1 Å². The van der Waals surface area contributed by atoms with Gasteiger partial charge in [0.2, 0.25) is 10.0 Å². The van der Waals surface area contributed by atoms with Gasteiger partial charge in [-0.2, -0.15) is 5.10 Å². The maximum atomic E-state index is 14.1. The predicted octanol–water partition coefficient (Wildman–Crippen LogP) is 3.07. The number of aromatic nitrogens is 3. The topological polar surface area (TPSA) is 111 Å². The summed E-state index contributed by atoms with van der Waals surface area (Å²) in [6.45, 7) is 8.25. The minimum absolute atomic E-state index is 0.103. The molecule has 1 amide bonds. The molecule has 11 heteroatoms. The van der Waals surface area contributed by atoms with E-state index in [1.807, 2.05) is 50.1 Å². The number of carbonyl (C=O) groups is 1. The molecule has 3 fully saturated rings. The van der Waals surface area contributed by atoms with Gasteiger partial charge in [-0.05, 0) is 51.7 Å². The number of aryl methyl sites for hydroxylation is 2. The number of rotatable bonds is 4. The van der Waals surface area contributed by atoms with Crippen LogP contribution in [0, 0.1) is 19.8 Å². The Balaban J connectivity index is 1.34. The van der Waals surface area contributed by atoms with Crippen LogP contribution in [0.15, 0.2) is 30.5 Å². The van der Waals surface area contributed by atoms with E-state index in [1.54, 1.807) is 10.6 Å². The number of fused-ring (bicyclic) bond motifs is 1. The van der Waals surface area contributed by atoms with Crippen molar-refractivity contribution in [3.8, 4) is 0 Å². The molecule has 3 atom stereocenters. The molecule has 3 aromatic rings. The van der Waals surface area contributed by atoms with E-state index in [1.165, 1.54) is 4.31 Å². The molecule has 0 unspecified atom stereocenters. The second-order valence-corrected chi connectivity index (χ2v) is 13.4. The van der Waals surface area contributed by atoms with Crippen molar-refractivity contribution in [1.29, 1.82) is 0 Å². The van der Waals surface area contributed by atoms with Gasteiger partial charge in [0.15, 0.2) is 5.65 Å². The number of sulfonamides is 1. The number of hydrogen-bond donors (Lipinski definition) is 1. The van der Waals surface area contributed by atoms with Crippen LogP contribution in [0.25, 0.3) is 5.65 Å². The summed E-state index contributed by atoms with van der Waals surface area (Å²) in [5, 5.41) is 15.1. The minimum Gasteiger partial charge on any atom is -0.391 e. The lowest BCUT2D eigenvalue weighted by molar-refractivity contribution is 0.0606. The van der Waals surface area contributed by atoms with E-state index in [2.05, 4.69) is 4.90 Å². The van der Waals surface area contributed by atoms with Crippen LogP contribution in [-0.4, -0.2) is 77.0 Å². The molecule has 0 radical (unpaired) electrons. The summed E-state index contributed by atoms with van der Waals surface area (Å²) in [7, 11) is -3.43. The number of nitrogens with zero attached hydrogens (tertiary/aromatic N) is 6. The molecule has 0 aliphatic carbocycles. The Morgan fingerprint density at radius 3 is 2.62 bits per heavy atom. The van der Waals surface area contributed by atoms with Crippen molar-refractivity contribution in [2.45, 2.75) is 58.6 Å². The molecule has 3 saturated heterocycles. The van der Waals surface area contributed by atoms with Gasteiger partial charge in [0.05, 0.1) is 34.8 Å². The third kappa shape index (κ3) is 4.65. The number of amides is 1. The van der Waals surface area contributed by atoms with Crippen LogP contribution in [0.5, 0.6) is 0 Å². The molecule has 10 nitrogen and oxygen atoms in total. The Labute approximate surface area is 229 Å². The molecule has 3 aliphatic heterocycles. The van der Waals surface area contributed by atoms with Gasteiger partial charge >= 0.3 is 0 Å². The van der Waals surface area contributed by atoms with Crippen LogP contribution in [-0.2, 0) is 10.0 Å². The van der Waals surface area contributed by atoms with Gasteiger partial charge in [-0.3, -0.25) is 9.10 Å². The molecule has 3 aliphatic rings. The molecule has 1 aromatic carbocycles. The number of hydrogen-bond acceptors (Lipinski definition) is 7. The van der Waals surface area contributed by atoms with Crippen molar-refractivity contribution < 1.29 is 18.3 Å². The first-order valence-corrected chi connectivity index (χ1v) is 15.5. The Hall–Kier alpha value is -3.18. The van der Waals surface area contributed by atoms with Gasteiger partial charge < -0.3 is 14.9 Å².